The molecule has 59 heavy (non-hydrogen) atoms. The molecule has 10 rings (SSSR count). The van der Waals surface area contributed by atoms with Crippen LogP contribution in [0.5, 0.6) is 0 Å². The summed E-state index contributed by atoms with van der Waals surface area (Å²) in [6, 6.07) is 0. The molecule has 0 aliphatic carbocycles. The van der Waals surface area contributed by atoms with Gasteiger partial charge in [0.1, 0.15) is 41.9 Å². The normalized spacial score (nSPS) is 47.7. The van der Waals surface area contributed by atoms with E-state index in [1.807, 2.05) is 0 Å². The lowest BCUT2D eigenvalue weighted by atomic mass is 9.81. The zero-order valence-electron chi connectivity index (χ0n) is 35.6. The number of ketones is 1. The molecular weight excluding hydrogens is 762 g/mol. The molecule has 1 spiro atoms. The van der Waals surface area contributed by atoms with Crippen molar-refractivity contribution in [3.8, 4) is 0 Å². The highest BCUT2D eigenvalue weighted by Gasteiger charge is 2.68. The van der Waals surface area contributed by atoms with E-state index in [2.05, 4.69) is 25.4 Å². The highest BCUT2D eigenvalue weighted by Crippen LogP contribution is 2.54. The van der Waals surface area contributed by atoms with Crippen LogP contribution < -0.4 is 5.32 Å². The number of aliphatic hydroxyl groups excluding tert-OH is 1. The van der Waals surface area contributed by atoms with Crippen LogP contribution in [0.2, 0.25) is 0 Å². The second kappa shape index (κ2) is 16.6. The van der Waals surface area contributed by atoms with Gasteiger partial charge in [-0.2, -0.15) is 0 Å². The Morgan fingerprint density at radius 3 is 2.36 bits per heavy atom. The van der Waals surface area contributed by atoms with Crippen molar-refractivity contribution in [1.82, 2.24) is 5.32 Å². The molecular formula is C45H67NO13. The van der Waals surface area contributed by atoms with E-state index in [1.165, 1.54) is 0 Å². The number of Topliss-reactive ketones (excluding diaryl/α,β-unsaturated/α-hetero) is 1. The Balaban J connectivity index is 0.955. The van der Waals surface area contributed by atoms with E-state index < -0.39 is 41.9 Å². The molecule has 2 N–H and O–H groups in total. The van der Waals surface area contributed by atoms with Crippen molar-refractivity contribution in [2.24, 2.45) is 11.8 Å². The van der Waals surface area contributed by atoms with Gasteiger partial charge >= 0.3 is 6.09 Å². The molecule has 0 radical (unpaired) electrons. The maximum absolute atomic E-state index is 14.2. The van der Waals surface area contributed by atoms with Crippen LogP contribution in [-0.2, 0) is 52.2 Å². The summed E-state index contributed by atoms with van der Waals surface area (Å²) in [4.78, 5) is 26.6. The number of hydrogen-bond donors (Lipinski definition) is 2. The van der Waals surface area contributed by atoms with Gasteiger partial charge in [-0.1, -0.05) is 20.1 Å². The van der Waals surface area contributed by atoms with Gasteiger partial charge in [0.15, 0.2) is 5.79 Å². The van der Waals surface area contributed by atoms with Crippen molar-refractivity contribution in [1.29, 1.82) is 0 Å². The summed E-state index contributed by atoms with van der Waals surface area (Å²) < 4.78 is 65.7. The number of nitrogens with one attached hydrogen (secondary N) is 1. The van der Waals surface area contributed by atoms with Gasteiger partial charge in [-0.25, -0.2) is 4.79 Å². The number of hydrogen-bond acceptors (Lipinski definition) is 13. The van der Waals surface area contributed by atoms with E-state index in [9.17, 15) is 14.7 Å². The Kier molecular flexibility index (Phi) is 11.9. The molecule has 330 valence electrons. The van der Waals surface area contributed by atoms with Crippen molar-refractivity contribution in [3.05, 3.63) is 24.3 Å². The first-order valence-electron chi connectivity index (χ1n) is 22.5. The van der Waals surface area contributed by atoms with E-state index in [-0.39, 0.29) is 117 Å². The number of aliphatic hydroxyl groups is 1. The Morgan fingerprint density at radius 2 is 1.56 bits per heavy atom. The molecule has 10 aliphatic heterocycles. The topological polar surface area (TPSA) is 159 Å². The third-order valence-electron chi connectivity index (χ3n) is 14.6. The third-order valence-corrected chi connectivity index (χ3v) is 14.6. The standard InChI is InChI=1S/C45H67NO13/c1-22-14-27-8-10-31-23(2)15-29(51-31)12-13-45-20-36-39(57-45)40-41(56-36)42(58-45)38-32(55-40)11-9-28(53-38)16-25(47)17-30-34(19-33(52-27)24(22)3)54-35(37(30)50-7)18-26(48)21-46-43(49)59-44(4,5)6/h22,26-42,48H,2-3,8-21H2,1,4-7H3,(H,46,49)/t22?,26?,27?,28?,29?,30?,31?,32?,33?,34-,35+,36?,37+,38-,39?,40-,41?,42?,45?/m0/s1. The zero-order valence-corrected chi connectivity index (χ0v) is 35.6. The van der Waals surface area contributed by atoms with Crippen LogP contribution in [0.25, 0.3) is 0 Å². The predicted octanol–water partition coefficient (Wildman–Crippen LogP) is 5.00. The van der Waals surface area contributed by atoms with Gasteiger partial charge in [0.2, 0.25) is 0 Å². The molecule has 10 aliphatic rings. The van der Waals surface area contributed by atoms with Gasteiger partial charge in [-0.05, 0) is 82.8 Å². The lowest BCUT2D eigenvalue weighted by Crippen LogP contribution is -2.61. The van der Waals surface area contributed by atoms with Gasteiger partial charge in [0.25, 0.3) is 0 Å². The van der Waals surface area contributed by atoms with Gasteiger partial charge in [0, 0.05) is 58.1 Å². The highest BCUT2D eigenvalue weighted by atomic mass is 16.8. The van der Waals surface area contributed by atoms with E-state index in [1.54, 1.807) is 27.9 Å². The average Bonchev–Trinajstić information content (AvgIpc) is 3.85. The zero-order chi connectivity index (χ0) is 41.4. The van der Waals surface area contributed by atoms with Crippen molar-refractivity contribution in [2.45, 2.75) is 220 Å². The molecule has 0 aromatic rings. The number of methoxy groups -OCH3 is 1. The molecule has 10 heterocycles. The van der Waals surface area contributed by atoms with Crippen molar-refractivity contribution in [3.63, 3.8) is 0 Å². The SMILES string of the molecule is C=C1CC2CCC34CC5OC6C(O3)[C@H]3OC(CCC3O[C@H]6C5O4)CC(=O)CC3[C@H](CC4OC(CCC1O2)CC(C)C4=C)O[C@H](CC(O)CNC(=O)OC(C)(C)C)[C@@H]3OC. The quantitative estimate of drug-likeness (QED) is 0.357. The van der Waals surface area contributed by atoms with E-state index in [0.29, 0.717) is 25.7 Å². The Labute approximate surface area is 348 Å². The van der Waals surface area contributed by atoms with E-state index in [0.717, 1.165) is 49.7 Å². The van der Waals surface area contributed by atoms with Crippen molar-refractivity contribution in [2.75, 3.05) is 13.7 Å². The lowest BCUT2D eigenvalue weighted by molar-refractivity contribution is -0.292. The van der Waals surface area contributed by atoms with Crippen LogP contribution in [0.3, 0.4) is 0 Å². The Bertz CT molecular complexity index is 1600. The highest BCUT2D eigenvalue weighted by molar-refractivity contribution is 5.79. The second-order valence-electron chi connectivity index (χ2n) is 20.1. The molecule has 10 saturated heterocycles. The first kappa shape index (κ1) is 42.3. The number of amides is 1. The largest absolute Gasteiger partial charge is 0.444 e. The first-order chi connectivity index (χ1) is 28.1. The summed E-state index contributed by atoms with van der Waals surface area (Å²) in [6.45, 7) is 16.5. The number of carbonyl (C=O) groups excluding carboxylic acids is 2. The smallest absolute Gasteiger partial charge is 0.407 e. The fourth-order valence-corrected chi connectivity index (χ4v) is 11.8. The summed E-state index contributed by atoms with van der Waals surface area (Å²) in [7, 11) is 1.63. The molecule has 1 amide bonds. The van der Waals surface area contributed by atoms with Crippen LogP contribution >= 0.6 is 0 Å². The summed E-state index contributed by atoms with van der Waals surface area (Å²) in [5.41, 5.74) is 1.48. The van der Waals surface area contributed by atoms with Crippen molar-refractivity contribution >= 4 is 11.9 Å². The summed E-state index contributed by atoms with van der Waals surface area (Å²) in [5, 5.41) is 13.8. The third kappa shape index (κ3) is 8.71. The van der Waals surface area contributed by atoms with E-state index in [4.69, 9.17) is 47.4 Å². The number of rotatable bonds is 5. The van der Waals surface area contributed by atoms with Crippen molar-refractivity contribution < 1.29 is 62.1 Å². The van der Waals surface area contributed by atoms with Gasteiger partial charge in [-0.3, -0.25) is 4.79 Å². The average molecular weight is 830 g/mol. The summed E-state index contributed by atoms with van der Waals surface area (Å²) in [5.74, 6) is -0.821. The fraction of sp³-hybridized carbons (Fsp3) is 0.867. The monoisotopic (exact) mass is 829 g/mol. The molecule has 0 aromatic heterocycles. The minimum atomic E-state index is -0.935. The molecule has 0 aromatic carbocycles. The van der Waals surface area contributed by atoms with Gasteiger partial charge in [-0.15, -0.1) is 0 Å². The molecule has 14 nitrogen and oxygen atoms in total. The molecule has 0 saturated carbocycles. The number of carbonyl (C=O) groups is 2. The summed E-state index contributed by atoms with van der Waals surface area (Å²) in [6.07, 6.45) is 2.78. The van der Waals surface area contributed by atoms with Gasteiger partial charge in [0.05, 0.1) is 67.1 Å². The molecule has 14 heteroatoms. The molecule has 12 bridgehead atoms. The van der Waals surface area contributed by atoms with Crippen LogP contribution in [-0.4, -0.2) is 140 Å². The first-order valence-corrected chi connectivity index (χ1v) is 22.5. The predicted molar refractivity (Wildman–Crippen MR) is 211 cm³/mol. The second-order valence-corrected chi connectivity index (χ2v) is 20.1. The van der Waals surface area contributed by atoms with Crippen LogP contribution in [0.1, 0.15) is 111 Å². The minimum Gasteiger partial charge on any atom is -0.444 e. The minimum absolute atomic E-state index is 0.000416. The number of ether oxygens (including phenoxy) is 10. The maximum Gasteiger partial charge on any atom is 0.407 e. The molecule has 19 atom stereocenters. The maximum atomic E-state index is 14.2. The molecule has 10 fully saturated rings. The number of alkyl carbamates (subject to hydrolysis) is 1. The fourth-order valence-electron chi connectivity index (χ4n) is 11.8. The molecule has 14 unspecified atom stereocenters. The summed E-state index contributed by atoms with van der Waals surface area (Å²) >= 11 is 0. The van der Waals surface area contributed by atoms with Crippen LogP contribution in [0, 0.1) is 11.8 Å². The Morgan fingerprint density at radius 1 is 0.831 bits per heavy atom. The Hall–Kier alpha value is -1.98. The number of fused-ring (bicyclic) bond motifs is 6. The lowest BCUT2D eigenvalue weighted by Gasteiger charge is -2.47. The van der Waals surface area contributed by atoms with Crippen LogP contribution in [0.4, 0.5) is 4.79 Å². The van der Waals surface area contributed by atoms with Crippen LogP contribution in [0.15, 0.2) is 24.3 Å². The van der Waals surface area contributed by atoms with E-state index >= 15 is 0 Å². The van der Waals surface area contributed by atoms with Gasteiger partial charge < -0.3 is 57.8 Å².